The summed E-state index contributed by atoms with van der Waals surface area (Å²) < 4.78 is 5.45. The van der Waals surface area contributed by atoms with Crippen LogP contribution in [0.4, 0.5) is 5.82 Å². The fourth-order valence-electron chi connectivity index (χ4n) is 3.38. The van der Waals surface area contributed by atoms with Crippen molar-refractivity contribution in [3.63, 3.8) is 0 Å². The van der Waals surface area contributed by atoms with Crippen molar-refractivity contribution in [2.75, 3.05) is 12.3 Å². The van der Waals surface area contributed by atoms with Crippen LogP contribution in [-0.4, -0.2) is 67.6 Å². The molecule has 0 radical (unpaired) electrons. The summed E-state index contributed by atoms with van der Waals surface area (Å²) in [4.78, 5) is 3.96. The molecule has 8 nitrogen and oxygen atoms in total. The Morgan fingerprint density at radius 3 is 2.41 bits per heavy atom. The molecule has 0 amide bonds. The number of pyridine rings is 1. The van der Waals surface area contributed by atoms with Crippen LogP contribution in [0.2, 0.25) is 0 Å². The molecule has 0 aliphatic carbocycles. The van der Waals surface area contributed by atoms with E-state index in [2.05, 4.69) is 4.98 Å². The Morgan fingerprint density at radius 2 is 1.78 bits per heavy atom. The largest absolute Gasteiger partial charge is 0.394 e. The highest BCUT2D eigenvalue weighted by Crippen LogP contribution is 2.33. The topological polar surface area (TPSA) is 149 Å². The molecule has 0 spiro atoms. The first kappa shape index (κ1) is 19.7. The third-order valence-corrected chi connectivity index (χ3v) is 4.94. The molecule has 2 aromatic rings. The summed E-state index contributed by atoms with van der Waals surface area (Å²) in [5, 5.41) is 50.0. The maximum absolute atomic E-state index is 10.7. The fourth-order valence-corrected chi connectivity index (χ4v) is 3.38. The SMILES string of the molecule is Cc1cc(-c2ccnc(N)c2)ccc1[C@@H](O)[C@H]1OC(CO)[C@@H](O)[C@H](O)C1O. The monoisotopic (exact) mass is 376 g/mol. The van der Waals surface area contributed by atoms with E-state index in [0.29, 0.717) is 11.4 Å². The molecule has 1 aliphatic heterocycles. The lowest BCUT2D eigenvalue weighted by Crippen LogP contribution is -2.59. The quantitative estimate of drug-likeness (QED) is 0.419. The highest BCUT2D eigenvalue weighted by Gasteiger charge is 2.46. The summed E-state index contributed by atoms with van der Waals surface area (Å²) in [5.41, 5.74) is 8.72. The van der Waals surface area contributed by atoms with E-state index in [1.54, 1.807) is 31.3 Å². The molecule has 1 fully saturated rings. The van der Waals surface area contributed by atoms with Crippen molar-refractivity contribution in [3.8, 4) is 11.1 Å². The van der Waals surface area contributed by atoms with Gasteiger partial charge in [0.15, 0.2) is 0 Å². The minimum Gasteiger partial charge on any atom is -0.394 e. The molecule has 2 unspecified atom stereocenters. The van der Waals surface area contributed by atoms with Gasteiger partial charge >= 0.3 is 0 Å². The number of aliphatic hydroxyl groups excluding tert-OH is 5. The van der Waals surface area contributed by atoms with Crippen molar-refractivity contribution in [1.82, 2.24) is 4.98 Å². The predicted octanol–water partition coefficient (Wildman–Crippen LogP) is -0.485. The number of nitrogens with zero attached hydrogens (tertiary/aromatic N) is 1. The molecule has 2 heterocycles. The van der Waals surface area contributed by atoms with E-state index in [0.717, 1.165) is 16.7 Å². The van der Waals surface area contributed by atoms with E-state index in [1.165, 1.54) is 0 Å². The van der Waals surface area contributed by atoms with Gasteiger partial charge in [-0.25, -0.2) is 4.98 Å². The van der Waals surface area contributed by atoms with Gasteiger partial charge in [0.2, 0.25) is 0 Å². The van der Waals surface area contributed by atoms with Crippen LogP contribution >= 0.6 is 0 Å². The number of ether oxygens (including phenoxy) is 1. The van der Waals surface area contributed by atoms with Crippen LogP contribution in [0.1, 0.15) is 17.2 Å². The minimum atomic E-state index is -1.53. The smallest absolute Gasteiger partial charge is 0.123 e. The zero-order valence-corrected chi connectivity index (χ0v) is 14.8. The molecule has 1 aliphatic rings. The summed E-state index contributed by atoms with van der Waals surface area (Å²) in [6.45, 7) is 1.26. The zero-order valence-electron chi connectivity index (χ0n) is 14.8. The Bertz CT molecular complexity index is 800. The van der Waals surface area contributed by atoms with E-state index in [4.69, 9.17) is 10.5 Å². The molecule has 8 heteroatoms. The fraction of sp³-hybridized carbons (Fsp3) is 0.421. The predicted molar refractivity (Wildman–Crippen MR) is 97.5 cm³/mol. The van der Waals surface area contributed by atoms with Crippen LogP contribution in [0.15, 0.2) is 36.5 Å². The van der Waals surface area contributed by atoms with Crippen LogP contribution in [0.25, 0.3) is 11.1 Å². The van der Waals surface area contributed by atoms with Crippen LogP contribution in [0.5, 0.6) is 0 Å². The number of benzene rings is 1. The van der Waals surface area contributed by atoms with Gasteiger partial charge in [-0.2, -0.15) is 0 Å². The van der Waals surface area contributed by atoms with Crippen molar-refractivity contribution >= 4 is 5.82 Å². The second kappa shape index (κ2) is 7.89. The van der Waals surface area contributed by atoms with Gasteiger partial charge in [0, 0.05) is 6.20 Å². The number of nitrogens with two attached hydrogens (primary N) is 1. The van der Waals surface area contributed by atoms with Crippen molar-refractivity contribution in [1.29, 1.82) is 0 Å². The number of rotatable bonds is 4. The van der Waals surface area contributed by atoms with Gasteiger partial charge in [0.05, 0.1) is 6.61 Å². The molecule has 1 aromatic carbocycles. The molecule has 1 aromatic heterocycles. The average molecular weight is 376 g/mol. The molecule has 27 heavy (non-hydrogen) atoms. The van der Waals surface area contributed by atoms with Crippen LogP contribution < -0.4 is 5.73 Å². The van der Waals surface area contributed by atoms with Gasteiger partial charge in [-0.3, -0.25) is 0 Å². The third kappa shape index (κ3) is 3.81. The number of nitrogen functional groups attached to an aromatic ring is 1. The summed E-state index contributed by atoms with van der Waals surface area (Å²) >= 11 is 0. The Kier molecular flexibility index (Phi) is 5.75. The maximum Gasteiger partial charge on any atom is 0.123 e. The maximum atomic E-state index is 10.7. The molecule has 0 saturated carbocycles. The van der Waals surface area contributed by atoms with Gasteiger partial charge in [-0.05, 0) is 41.3 Å². The Morgan fingerprint density at radius 1 is 1.07 bits per heavy atom. The van der Waals surface area contributed by atoms with E-state index >= 15 is 0 Å². The first-order valence-electron chi connectivity index (χ1n) is 8.64. The van der Waals surface area contributed by atoms with Crippen molar-refractivity contribution in [2.24, 2.45) is 0 Å². The number of anilines is 1. The number of aliphatic hydroxyl groups is 5. The first-order valence-corrected chi connectivity index (χ1v) is 8.64. The Hall–Kier alpha value is -2.07. The number of hydrogen-bond donors (Lipinski definition) is 6. The molecule has 3 rings (SSSR count). The molecule has 6 atom stereocenters. The second-order valence-corrected chi connectivity index (χ2v) is 6.78. The molecule has 1 saturated heterocycles. The lowest BCUT2D eigenvalue weighted by molar-refractivity contribution is -0.250. The van der Waals surface area contributed by atoms with Gasteiger partial charge in [0.25, 0.3) is 0 Å². The third-order valence-electron chi connectivity index (χ3n) is 4.94. The molecule has 0 bridgehead atoms. The van der Waals surface area contributed by atoms with E-state index in [1.807, 2.05) is 12.1 Å². The standard InChI is InChI=1S/C19H24N2O6/c1-9-6-10(11-4-5-21-14(20)7-11)2-3-12(9)15(23)19-18(26)17(25)16(24)13(8-22)27-19/h2-7,13,15-19,22-26H,8H2,1H3,(H2,20,21)/t13?,15-,16-,17+,18?,19-/m1/s1. The Labute approximate surface area is 156 Å². The zero-order chi connectivity index (χ0) is 19.7. The van der Waals surface area contributed by atoms with Gasteiger partial charge in [0.1, 0.15) is 42.4 Å². The highest BCUT2D eigenvalue weighted by atomic mass is 16.6. The van der Waals surface area contributed by atoms with Crippen molar-refractivity contribution in [3.05, 3.63) is 47.7 Å². The molecule has 146 valence electrons. The number of aryl methyl sites for hydroxylation is 1. The van der Waals surface area contributed by atoms with Crippen LogP contribution in [-0.2, 0) is 4.74 Å². The first-order chi connectivity index (χ1) is 12.8. The lowest BCUT2D eigenvalue weighted by Gasteiger charge is -2.42. The number of hydrogen-bond acceptors (Lipinski definition) is 8. The lowest BCUT2D eigenvalue weighted by atomic mass is 9.88. The van der Waals surface area contributed by atoms with Crippen LogP contribution in [0, 0.1) is 6.92 Å². The summed E-state index contributed by atoms with van der Waals surface area (Å²) in [6.07, 6.45) is -6.41. The molecular weight excluding hydrogens is 352 g/mol. The van der Waals surface area contributed by atoms with Gasteiger partial charge in [-0.15, -0.1) is 0 Å². The van der Waals surface area contributed by atoms with Crippen molar-refractivity contribution in [2.45, 2.75) is 43.5 Å². The highest BCUT2D eigenvalue weighted by molar-refractivity contribution is 5.67. The van der Waals surface area contributed by atoms with E-state index in [9.17, 15) is 25.5 Å². The summed E-state index contributed by atoms with van der Waals surface area (Å²) in [6, 6.07) is 8.91. The average Bonchev–Trinajstić information content (AvgIpc) is 2.66. The van der Waals surface area contributed by atoms with Gasteiger partial charge < -0.3 is 36.0 Å². The molecule has 7 N–H and O–H groups in total. The summed E-state index contributed by atoms with van der Waals surface area (Å²) in [7, 11) is 0. The number of aromatic nitrogens is 1. The van der Waals surface area contributed by atoms with E-state index < -0.39 is 43.2 Å². The van der Waals surface area contributed by atoms with Gasteiger partial charge in [-0.1, -0.05) is 18.2 Å². The Balaban J connectivity index is 1.87. The van der Waals surface area contributed by atoms with Crippen LogP contribution in [0.3, 0.4) is 0 Å². The van der Waals surface area contributed by atoms with E-state index in [-0.39, 0.29) is 0 Å². The summed E-state index contributed by atoms with van der Waals surface area (Å²) in [5.74, 6) is 0.399. The molecular formula is C19H24N2O6. The van der Waals surface area contributed by atoms with Crippen molar-refractivity contribution < 1.29 is 30.3 Å². The minimum absolute atomic E-state index is 0.399. The second-order valence-electron chi connectivity index (χ2n) is 6.78. The normalized spacial score (nSPS) is 29.5.